The maximum atomic E-state index is 11.7. The second-order valence-corrected chi connectivity index (χ2v) is 5.08. The first kappa shape index (κ1) is 15.8. The quantitative estimate of drug-likeness (QED) is 0.681. The number of carbonyl (C=O) groups excluding carboxylic acids is 2. The van der Waals surface area contributed by atoms with Crippen LogP contribution in [0.4, 0.5) is 10.5 Å². The van der Waals surface area contributed by atoms with Crippen molar-refractivity contribution in [2.24, 2.45) is 0 Å². The third-order valence-electron chi connectivity index (χ3n) is 2.07. The number of ether oxygens (including phenoxy) is 3. The zero-order chi connectivity index (χ0) is 15.3. The van der Waals surface area contributed by atoms with Crippen LogP contribution in [0.3, 0.4) is 0 Å². The van der Waals surface area contributed by atoms with E-state index in [4.69, 9.17) is 14.2 Å². The largest absolute Gasteiger partial charge is 0.494 e. The van der Waals surface area contributed by atoms with Crippen molar-refractivity contribution in [1.29, 1.82) is 0 Å². The molecule has 1 rings (SSSR count). The number of esters is 1. The molecule has 0 bridgehead atoms. The molecule has 6 nitrogen and oxygen atoms in total. The molecule has 0 fully saturated rings. The highest BCUT2D eigenvalue weighted by molar-refractivity contribution is 5.87. The summed E-state index contributed by atoms with van der Waals surface area (Å²) in [6.07, 6.45) is -0.587. The second-order valence-electron chi connectivity index (χ2n) is 5.08. The van der Waals surface area contributed by atoms with Crippen LogP contribution in [0.25, 0.3) is 0 Å². The summed E-state index contributed by atoms with van der Waals surface area (Å²) in [6, 6.07) is 4.63. The highest BCUT2D eigenvalue weighted by atomic mass is 16.6. The number of benzene rings is 1. The van der Waals surface area contributed by atoms with Gasteiger partial charge in [-0.2, -0.15) is 0 Å². The minimum absolute atomic E-state index is 0.337. The predicted molar refractivity (Wildman–Crippen MR) is 74.2 cm³/mol. The highest BCUT2D eigenvalue weighted by Gasteiger charge is 2.17. The number of anilines is 1. The number of hydrogen-bond donors (Lipinski definition) is 1. The number of carbonyl (C=O) groups is 2. The Morgan fingerprint density at radius 1 is 1.20 bits per heavy atom. The molecule has 0 atom stereocenters. The molecule has 1 aromatic rings. The third-order valence-corrected chi connectivity index (χ3v) is 2.07. The predicted octanol–water partition coefficient (Wildman–Crippen LogP) is 2.97. The average Bonchev–Trinajstić information content (AvgIpc) is 2.27. The van der Waals surface area contributed by atoms with Crippen LogP contribution in [0.15, 0.2) is 18.2 Å². The average molecular weight is 281 g/mol. The molecule has 1 N–H and O–H groups in total. The van der Waals surface area contributed by atoms with Gasteiger partial charge in [-0.05, 0) is 32.9 Å². The van der Waals surface area contributed by atoms with E-state index in [9.17, 15) is 9.59 Å². The number of amides is 1. The molecule has 0 aliphatic heterocycles. The Morgan fingerprint density at radius 2 is 1.85 bits per heavy atom. The molecule has 0 spiro atoms. The lowest BCUT2D eigenvalue weighted by Crippen LogP contribution is -2.27. The fourth-order valence-corrected chi connectivity index (χ4v) is 1.42. The van der Waals surface area contributed by atoms with Crippen LogP contribution >= 0.6 is 0 Å². The molecular formula is C14H19NO5. The van der Waals surface area contributed by atoms with E-state index in [1.54, 1.807) is 32.9 Å². The summed E-state index contributed by atoms with van der Waals surface area (Å²) in [7, 11) is 1.45. The van der Waals surface area contributed by atoms with Crippen LogP contribution in [-0.4, -0.2) is 24.8 Å². The summed E-state index contributed by atoms with van der Waals surface area (Å²) in [5.74, 6) is 0.276. The maximum Gasteiger partial charge on any atom is 0.412 e. The molecular weight excluding hydrogens is 262 g/mol. The lowest BCUT2D eigenvalue weighted by atomic mass is 10.2. The van der Waals surface area contributed by atoms with E-state index >= 15 is 0 Å². The van der Waals surface area contributed by atoms with Gasteiger partial charge in [-0.3, -0.25) is 10.1 Å². The topological polar surface area (TPSA) is 73.9 Å². The molecule has 0 saturated carbocycles. The van der Waals surface area contributed by atoms with Gasteiger partial charge in [-0.1, -0.05) is 0 Å². The summed E-state index contributed by atoms with van der Waals surface area (Å²) >= 11 is 0. The van der Waals surface area contributed by atoms with Crippen molar-refractivity contribution in [3.63, 3.8) is 0 Å². The van der Waals surface area contributed by atoms with Gasteiger partial charge in [0.1, 0.15) is 17.1 Å². The van der Waals surface area contributed by atoms with Crippen LogP contribution in [0.1, 0.15) is 27.7 Å². The molecule has 0 aliphatic carbocycles. The van der Waals surface area contributed by atoms with Crippen LogP contribution in [-0.2, 0) is 9.53 Å². The van der Waals surface area contributed by atoms with Gasteiger partial charge in [0, 0.05) is 13.0 Å². The molecule has 0 aliphatic rings. The minimum Gasteiger partial charge on any atom is -0.494 e. The monoisotopic (exact) mass is 281 g/mol. The normalized spacial score (nSPS) is 10.7. The Balaban J connectivity index is 2.85. The van der Waals surface area contributed by atoms with E-state index < -0.39 is 17.7 Å². The molecule has 0 aromatic heterocycles. The summed E-state index contributed by atoms with van der Waals surface area (Å²) < 4.78 is 15.2. The van der Waals surface area contributed by atoms with Gasteiger partial charge in [0.25, 0.3) is 0 Å². The van der Waals surface area contributed by atoms with E-state index in [2.05, 4.69) is 5.32 Å². The molecule has 110 valence electrons. The lowest BCUT2D eigenvalue weighted by Gasteiger charge is -2.20. The molecule has 20 heavy (non-hydrogen) atoms. The Hall–Kier alpha value is -2.24. The molecule has 0 heterocycles. The zero-order valence-electron chi connectivity index (χ0n) is 12.3. The van der Waals surface area contributed by atoms with Crippen molar-refractivity contribution in [2.75, 3.05) is 12.4 Å². The Labute approximate surface area is 118 Å². The minimum atomic E-state index is -0.588. The van der Waals surface area contributed by atoms with Crippen molar-refractivity contribution in [3.8, 4) is 11.5 Å². The summed E-state index contributed by atoms with van der Waals surface area (Å²) in [5.41, 5.74) is -0.160. The maximum absolute atomic E-state index is 11.7. The smallest absolute Gasteiger partial charge is 0.412 e. The number of methoxy groups -OCH3 is 1. The van der Waals surface area contributed by atoms with E-state index in [-0.39, 0.29) is 0 Å². The first-order valence-electron chi connectivity index (χ1n) is 6.08. The van der Waals surface area contributed by atoms with Gasteiger partial charge in [0.05, 0.1) is 12.8 Å². The summed E-state index contributed by atoms with van der Waals surface area (Å²) in [4.78, 5) is 22.6. The van der Waals surface area contributed by atoms with E-state index in [1.165, 1.54) is 20.1 Å². The molecule has 0 saturated heterocycles. The van der Waals surface area contributed by atoms with E-state index in [1.807, 2.05) is 0 Å². The van der Waals surface area contributed by atoms with Crippen LogP contribution in [0.5, 0.6) is 11.5 Å². The van der Waals surface area contributed by atoms with Gasteiger partial charge in [0.15, 0.2) is 0 Å². The molecule has 1 aromatic carbocycles. The van der Waals surface area contributed by atoms with Crippen molar-refractivity contribution in [3.05, 3.63) is 18.2 Å². The lowest BCUT2D eigenvalue weighted by molar-refractivity contribution is -0.131. The van der Waals surface area contributed by atoms with Crippen LogP contribution < -0.4 is 14.8 Å². The number of hydrogen-bond acceptors (Lipinski definition) is 5. The molecule has 0 radical (unpaired) electrons. The first-order chi connectivity index (χ1) is 9.21. The molecule has 1 amide bonds. The fourth-order valence-electron chi connectivity index (χ4n) is 1.42. The number of rotatable bonds is 3. The standard InChI is InChI=1S/C14H19NO5/c1-9(16)19-10-6-7-11(12(8-10)18-5)15-13(17)20-14(2,3)4/h6-8H,1-5H3,(H,15,17). The van der Waals surface area contributed by atoms with Crippen LogP contribution in [0.2, 0.25) is 0 Å². The SMILES string of the molecule is COc1cc(OC(C)=O)ccc1NC(=O)OC(C)(C)C. The van der Waals surface area contributed by atoms with Crippen molar-refractivity contribution < 1.29 is 23.8 Å². The molecule has 0 unspecified atom stereocenters. The second kappa shape index (κ2) is 6.27. The van der Waals surface area contributed by atoms with Gasteiger partial charge < -0.3 is 14.2 Å². The summed E-state index contributed by atoms with van der Waals surface area (Å²) in [5, 5.41) is 2.57. The van der Waals surface area contributed by atoms with Crippen LogP contribution in [0, 0.1) is 0 Å². The van der Waals surface area contributed by atoms with Gasteiger partial charge in [-0.25, -0.2) is 4.79 Å². The number of nitrogens with one attached hydrogen (secondary N) is 1. The van der Waals surface area contributed by atoms with E-state index in [0.717, 1.165) is 0 Å². The fraction of sp³-hybridized carbons (Fsp3) is 0.429. The van der Waals surface area contributed by atoms with Gasteiger partial charge in [0.2, 0.25) is 0 Å². The Morgan fingerprint density at radius 3 is 2.35 bits per heavy atom. The Bertz CT molecular complexity index is 505. The Kier molecular flexibility index (Phi) is 4.96. The van der Waals surface area contributed by atoms with Gasteiger partial charge in [-0.15, -0.1) is 0 Å². The third kappa shape index (κ3) is 5.17. The van der Waals surface area contributed by atoms with Crippen molar-refractivity contribution in [1.82, 2.24) is 0 Å². The van der Waals surface area contributed by atoms with Crippen molar-refractivity contribution >= 4 is 17.7 Å². The van der Waals surface area contributed by atoms with E-state index in [0.29, 0.717) is 17.2 Å². The van der Waals surface area contributed by atoms with Gasteiger partial charge >= 0.3 is 12.1 Å². The highest BCUT2D eigenvalue weighted by Crippen LogP contribution is 2.29. The van der Waals surface area contributed by atoms with Crippen molar-refractivity contribution in [2.45, 2.75) is 33.3 Å². The summed E-state index contributed by atoms with van der Waals surface area (Å²) in [6.45, 7) is 6.62. The zero-order valence-corrected chi connectivity index (χ0v) is 12.3. The molecule has 6 heteroatoms. The first-order valence-corrected chi connectivity index (χ1v) is 6.08.